The van der Waals surface area contributed by atoms with Crippen LogP contribution < -0.4 is 14.2 Å². The van der Waals surface area contributed by atoms with E-state index in [1.54, 1.807) is 26.4 Å². The molecular formula is C24H27NO5. The van der Waals surface area contributed by atoms with Crippen LogP contribution in [0, 0.1) is 11.3 Å². The molecule has 1 N–H and O–H groups in total. The number of carbonyl (C=O) groups is 1. The number of hydrogen-bond acceptors (Lipinski definition) is 5. The van der Waals surface area contributed by atoms with Crippen molar-refractivity contribution in [2.45, 2.75) is 32.1 Å². The molecule has 0 spiro atoms. The lowest BCUT2D eigenvalue weighted by Gasteiger charge is -2.09. The molecule has 0 unspecified atom stereocenters. The zero-order valence-corrected chi connectivity index (χ0v) is 17.4. The molecule has 0 saturated carbocycles. The lowest BCUT2D eigenvalue weighted by atomic mass is 10.0. The first-order valence-corrected chi connectivity index (χ1v) is 9.86. The molecule has 0 fully saturated rings. The fraction of sp³-hybridized carbons (Fsp3) is 0.333. The largest absolute Gasteiger partial charge is 0.494 e. The van der Waals surface area contributed by atoms with Gasteiger partial charge in [0, 0.05) is 6.42 Å². The summed E-state index contributed by atoms with van der Waals surface area (Å²) in [4.78, 5) is 10.5. The average molecular weight is 409 g/mol. The topological polar surface area (TPSA) is 88.8 Å². The van der Waals surface area contributed by atoms with Gasteiger partial charge in [0.2, 0.25) is 0 Å². The molecule has 0 aliphatic carbocycles. The number of carboxylic acids is 1. The number of benzene rings is 2. The number of carboxylic acid groups (broad SMARTS) is 1. The van der Waals surface area contributed by atoms with Gasteiger partial charge in [-0.25, -0.2) is 0 Å². The van der Waals surface area contributed by atoms with E-state index >= 15 is 0 Å². The first-order valence-electron chi connectivity index (χ1n) is 9.86. The Balaban J connectivity index is 1.92. The number of ether oxygens (including phenoxy) is 3. The maximum Gasteiger partial charge on any atom is 0.303 e. The third kappa shape index (κ3) is 7.17. The van der Waals surface area contributed by atoms with Crippen LogP contribution in [0.15, 0.2) is 42.5 Å². The van der Waals surface area contributed by atoms with E-state index in [0.717, 1.165) is 36.1 Å². The average Bonchev–Trinajstić information content (AvgIpc) is 2.77. The standard InChI is InChI=1S/C24H27NO5/c1-28-22-13-10-19(16-23(22)29-2)20(17-25)15-18-8-11-21(12-9-18)30-14-6-4-3-5-7-24(26)27/h8-13,15-16H,3-7,14H2,1-2H3,(H,26,27). The van der Waals surface area contributed by atoms with Crippen molar-refractivity contribution in [1.29, 1.82) is 5.26 Å². The van der Waals surface area contributed by atoms with E-state index in [4.69, 9.17) is 19.3 Å². The van der Waals surface area contributed by atoms with Crippen molar-refractivity contribution in [2.75, 3.05) is 20.8 Å². The highest BCUT2D eigenvalue weighted by molar-refractivity contribution is 5.90. The van der Waals surface area contributed by atoms with Crippen LogP contribution in [-0.2, 0) is 4.79 Å². The molecular weight excluding hydrogens is 382 g/mol. The fourth-order valence-electron chi connectivity index (χ4n) is 2.93. The van der Waals surface area contributed by atoms with E-state index in [2.05, 4.69) is 6.07 Å². The van der Waals surface area contributed by atoms with Gasteiger partial charge in [-0.15, -0.1) is 0 Å². The number of unbranched alkanes of at least 4 members (excludes halogenated alkanes) is 3. The summed E-state index contributed by atoms with van der Waals surface area (Å²) in [5, 5.41) is 18.2. The molecule has 0 radical (unpaired) electrons. The lowest BCUT2D eigenvalue weighted by molar-refractivity contribution is -0.137. The summed E-state index contributed by atoms with van der Waals surface area (Å²) in [6.45, 7) is 0.595. The van der Waals surface area contributed by atoms with Crippen molar-refractivity contribution in [3.63, 3.8) is 0 Å². The molecule has 0 aliphatic rings. The molecule has 6 heteroatoms. The quantitative estimate of drug-likeness (QED) is 0.295. The Hall–Kier alpha value is -3.46. The van der Waals surface area contributed by atoms with E-state index in [1.807, 2.05) is 36.4 Å². The van der Waals surface area contributed by atoms with Gasteiger partial charge in [-0.2, -0.15) is 5.26 Å². The number of nitriles is 1. The van der Waals surface area contributed by atoms with Crippen molar-refractivity contribution in [1.82, 2.24) is 0 Å². The van der Waals surface area contributed by atoms with Crippen LogP contribution in [-0.4, -0.2) is 31.9 Å². The summed E-state index contributed by atoms with van der Waals surface area (Å²) < 4.78 is 16.3. The van der Waals surface area contributed by atoms with Crippen LogP contribution in [0.3, 0.4) is 0 Å². The number of aliphatic carboxylic acids is 1. The summed E-state index contributed by atoms with van der Waals surface area (Å²) in [5.41, 5.74) is 2.16. The minimum absolute atomic E-state index is 0.226. The number of allylic oxidation sites excluding steroid dienone is 1. The predicted octanol–water partition coefficient (Wildman–Crippen LogP) is 5.18. The highest BCUT2D eigenvalue weighted by Gasteiger charge is 2.08. The maximum absolute atomic E-state index is 10.5. The van der Waals surface area contributed by atoms with E-state index in [9.17, 15) is 10.1 Å². The molecule has 0 heterocycles. The number of rotatable bonds is 12. The molecule has 2 rings (SSSR count). The van der Waals surface area contributed by atoms with Gasteiger partial charge in [-0.3, -0.25) is 4.79 Å². The van der Waals surface area contributed by atoms with Crippen molar-refractivity contribution in [3.05, 3.63) is 53.6 Å². The van der Waals surface area contributed by atoms with Crippen LogP contribution in [0.25, 0.3) is 11.6 Å². The Bertz CT molecular complexity index is 897. The smallest absolute Gasteiger partial charge is 0.303 e. The monoisotopic (exact) mass is 409 g/mol. The molecule has 0 amide bonds. The summed E-state index contributed by atoms with van der Waals surface area (Å²) in [5.74, 6) is 1.21. The van der Waals surface area contributed by atoms with Gasteiger partial charge in [0.05, 0.1) is 32.5 Å². The molecule has 0 aromatic heterocycles. The predicted molar refractivity (Wildman–Crippen MR) is 116 cm³/mol. The Morgan fingerprint density at radius 3 is 2.33 bits per heavy atom. The van der Waals surface area contributed by atoms with E-state index < -0.39 is 5.97 Å². The molecule has 30 heavy (non-hydrogen) atoms. The number of methoxy groups -OCH3 is 2. The Morgan fingerprint density at radius 2 is 1.70 bits per heavy atom. The number of nitrogens with zero attached hydrogens (tertiary/aromatic N) is 1. The van der Waals surface area contributed by atoms with Gasteiger partial charge in [-0.1, -0.05) is 25.0 Å². The van der Waals surface area contributed by atoms with Gasteiger partial charge in [-0.05, 0) is 60.4 Å². The summed E-state index contributed by atoms with van der Waals surface area (Å²) >= 11 is 0. The number of hydrogen-bond donors (Lipinski definition) is 1. The van der Waals surface area contributed by atoms with Gasteiger partial charge < -0.3 is 19.3 Å². The first kappa shape index (κ1) is 22.8. The Kier molecular flexibility index (Phi) is 9.26. The first-order chi connectivity index (χ1) is 14.6. The van der Waals surface area contributed by atoms with Crippen molar-refractivity contribution >= 4 is 17.6 Å². The van der Waals surface area contributed by atoms with Crippen LogP contribution >= 0.6 is 0 Å². The van der Waals surface area contributed by atoms with Gasteiger partial charge in [0.1, 0.15) is 5.75 Å². The Morgan fingerprint density at radius 1 is 1.00 bits per heavy atom. The highest BCUT2D eigenvalue weighted by Crippen LogP contribution is 2.31. The molecule has 0 bridgehead atoms. The zero-order chi connectivity index (χ0) is 21.8. The van der Waals surface area contributed by atoms with Gasteiger partial charge >= 0.3 is 5.97 Å². The van der Waals surface area contributed by atoms with Gasteiger partial charge in [0.15, 0.2) is 11.5 Å². The second kappa shape index (κ2) is 12.2. The maximum atomic E-state index is 10.5. The van der Waals surface area contributed by atoms with E-state index in [0.29, 0.717) is 30.1 Å². The van der Waals surface area contributed by atoms with Crippen LogP contribution in [0.5, 0.6) is 17.2 Å². The molecule has 158 valence electrons. The van der Waals surface area contributed by atoms with Crippen LogP contribution in [0.1, 0.15) is 43.2 Å². The summed E-state index contributed by atoms with van der Waals surface area (Å²) in [7, 11) is 3.13. The highest BCUT2D eigenvalue weighted by atomic mass is 16.5. The molecule has 0 aliphatic heterocycles. The minimum atomic E-state index is -0.744. The summed E-state index contributed by atoms with van der Waals surface area (Å²) in [6, 6.07) is 15.2. The van der Waals surface area contributed by atoms with E-state index in [-0.39, 0.29) is 6.42 Å². The van der Waals surface area contributed by atoms with Crippen molar-refractivity contribution < 1.29 is 24.1 Å². The van der Waals surface area contributed by atoms with E-state index in [1.165, 1.54) is 0 Å². The van der Waals surface area contributed by atoms with Crippen molar-refractivity contribution in [3.8, 4) is 23.3 Å². The SMILES string of the molecule is COc1ccc(C(C#N)=Cc2ccc(OCCCCCCC(=O)O)cc2)cc1OC. The molecule has 0 saturated heterocycles. The summed E-state index contributed by atoms with van der Waals surface area (Å²) in [6.07, 6.45) is 5.48. The Labute approximate surface area is 177 Å². The van der Waals surface area contributed by atoms with Crippen LogP contribution in [0.2, 0.25) is 0 Å². The van der Waals surface area contributed by atoms with Crippen LogP contribution in [0.4, 0.5) is 0 Å². The third-order valence-corrected chi connectivity index (χ3v) is 4.56. The molecule has 2 aromatic rings. The second-order valence-corrected chi connectivity index (χ2v) is 6.72. The molecule has 6 nitrogen and oxygen atoms in total. The molecule has 0 atom stereocenters. The normalized spacial score (nSPS) is 10.9. The third-order valence-electron chi connectivity index (χ3n) is 4.56. The van der Waals surface area contributed by atoms with Crippen molar-refractivity contribution in [2.24, 2.45) is 0 Å². The lowest BCUT2D eigenvalue weighted by Crippen LogP contribution is -1.98. The fourth-order valence-corrected chi connectivity index (χ4v) is 2.93. The minimum Gasteiger partial charge on any atom is -0.494 e. The molecule has 2 aromatic carbocycles. The van der Waals surface area contributed by atoms with Gasteiger partial charge in [0.25, 0.3) is 0 Å². The second-order valence-electron chi connectivity index (χ2n) is 6.72. The zero-order valence-electron chi connectivity index (χ0n) is 17.4.